The van der Waals surface area contributed by atoms with E-state index in [4.69, 9.17) is 16.3 Å². The number of hydrogen-bond acceptors (Lipinski definition) is 7. The summed E-state index contributed by atoms with van der Waals surface area (Å²) in [6.07, 6.45) is 0.278. The molecule has 0 bridgehead atoms. The first-order valence-corrected chi connectivity index (χ1v) is 14.8. The summed E-state index contributed by atoms with van der Waals surface area (Å²) in [5.41, 5.74) is 0.595. The molecular formula is C26H21ClN4O6S2. The van der Waals surface area contributed by atoms with Crippen molar-refractivity contribution in [3.63, 3.8) is 0 Å². The van der Waals surface area contributed by atoms with Gasteiger partial charge in [-0.3, -0.25) is 13.8 Å². The molecular weight excluding hydrogens is 564 g/mol. The lowest BCUT2D eigenvalue weighted by Crippen LogP contribution is -2.48. The topological polar surface area (TPSA) is 135 Å². The minimum absolute atomic E-state index is 0.0128. The number of benzene rings is 3. The van der Waals surface area contributed by atoms with Crippen LogP contribution in [0.5, 0.6) is 5.75 Å². The first-order valence-electron chi connectivity index (χ1n) is 11.5. The number of ether oxygens (including phenoxy) is 1. The number of aromatic nitrogens is 1. The highest BCUT2D eigenvalue weighted by atomic mass is 35.5. The van der Waals surface area contributed by atoms with Gasteiger partial charge in [0.05, 0.1) is 22.0 Å². The Kier molecular flexibility index (Phi) is 7.17. The highest BCUT2D eigenvalue weighted by molar-refractivity contribution is 7.93. The van der Waals surface area contributed by atoms with Crippen molar-refractivity contribution in [1.82, 2.24) is 4.98 Å². The van der Waals surface area contributed by atoms with Crippen molar-refractivity contribution in [3.8, 4) is 5.75 Å². The molecule has 200 valence electrons. The molecule has 0 fully saturated rings. The standard InChI is InChI=1S/C26H21ClN4O6S2/c27-18-8-12-21(13-9-18)39(35,36)31-17-24(37-23-6-2-1-5-22(23)31)26(32)29-19-10-14-20(15-11-19)38(33,34)30-25-7-3-4-16-28-25/h1-16,24H,17H2,(H,28,30)(H,29,32)/t24-/m0/s1. The summed E-state index contributed by atoms with van der Waals surface area (Å²) in [5.74, 6) is -0.214. The number of hydrogen-bond donors (Lipinski definition) is 2. The third kappa shape index (κ3) is 5.67. The smallest absolute Gasteiger partial charge is 0.267 e. The molecule has 39 heavy (non-hydrogen) atoms. The third-order valence-electron chi connectivity index (χ3n) is 5.76. The van der Waals surface area contributed by atoms with E-state index in [1.165, 1.54) is 60.8 Å². The Labute approximate surface area is 230 Å². The number of anilines is 3. The fourth-order valence-corrected chi connectivity index (χ4v) is 6.47. The van der Waals surface area contributed by atoms with Gasteiger partial charge in [-0.1, -0.05) is 29.8 Å². The van der Waals surface area contributed by atoms with E-state index in [9.17, 15) is 21.6 Å². The Morgan fingerprint density at radius 3 is 2.23 bits per heavy atom. The van der Waals surface area contributed by atoms with E-state index in [0.29, 0.717) is 16.4 Å². The largest absolute Gasteiger partial charge is 0.476 e. The van der Waals surface area contributed by atoms with Crippen LogP contribution >= 0.6 is 11.6 Å². The molecule has 5 rings (SSSR count). The van der Waals surface area contributed by atoms with Crippen LogP contribution in [-0.4, -0.2) is 40.4 Å². The van der Waals surface area contributed by atoms with Crippen LogP contribution in [0.15, 0.2) is 107 Å². The number of rotatable bonds is 7. The van der Waals surface area contributed by atoms with Crippen molar-refractivity contribution < 1.29 is 26.4 Å². The SMILES string of the molecule is O=C(Nc1ccc(S(=O)(=O)Nc2ccccn2)cc1)[C@@H]1CN(S(=O)(=O)c2ccc(Cl)cc2)c2ccccc2O1. The average molecular weight is 585 g/mol. The number of carbonyl (C=O) groups is 1. The van der Waals surface area contributed by atoms with Crippen LogP contribution in [0, 0.1) is 0 Å². The van der Waals surface area contributed by atoms with Gasteiger partial charge in [0.15, 0.2) is 6.10 Å². The van der Waals surface area contributed by atoms with E-state index in [2.05, 4.69) is 15.0 Å². The maximum absolute atomic E-state index is 13.5. The van der Waals surface area contributed by atoms with E-state index in [-0.39, 0.29) is 27.9 Å². The van der Waals surface area contributed by atoms with Gasteiger partial charge in [-0.25, -0.2) is 21.8 Å². The normalized spacial score (nSPS) is 15.1. The van der Waals surface area contributed by atoms with Gasteiger partial charge in [-0.05, 0) is 72.8 Å². The van der Waals surface area contributed by atoms with E-state index in [1.807, 2.05) is 0 Å². The Hall–Kier alpha value is -4.13. The lowest BCUT2D eigenvalue weighted by atomic mass is 10.2. The van der Waals surface area contributed by atoms with Crippen LogP contribution in [0.2, 0.25) is 5.02 Å². The maximum atomic E-state index is 13.5. The summed E-state index contributed by atoms with van der Waals surface area (Å²) in [6, 6.07) is 22.6. The third-order valence-corrected chi connectivity index (χ3v) is 9.18. The molecule has 1 atom stereocenters. The minimum atomic E-state index is -4.04. The summed E-state index contributed by atoms with van der Waals surface area (Å²) in [5, 5.41) is 3.05. The van der Waals surface area contributed by atoms with Crippen molar-refractivity contribution in [1.29, 1.82) is 0 Å². The van der Waals surface area contributed by atoms with Gasteiger partial charge < -0.3 is 10.1 Å². The molecule has 0 spiro atoms. The second-order valence-electron chi connectivity index (χ2n) is 8.40. The molecule has 2 N–H and O–H groups in total. The van der Waals surface area contributed by atoms with E-state index >= 15 is 0 Å². The number of sulfonamides is 2. The van der Waals surface area contributed by atoms with Crippen LogP contribution in [-0.2, 0) is 24.8 Å². The van der Waals surface area contributed by atoms with Gasteiger partial charge in [0.25, 0.3) is 26.0 Å². The van der Waals surface area contributed by atoms with Gasteiger partial charge in [0.1, 0.15) is 11.6 Å². The summed E-state index contributed by atoms with van der Waals surface area (Å²) in [7, 11) is -7.94. The zero-order valence-corrected chi connectivity index (χ0v) is 22.4. The number of para-hydroxylation sites is 2. The van der Waals surface area contributed by atoms with Crippen LogP contribution in [0.4, 0.5) is 17.2 Å². The van der Waals surface area contributed by atoms with Crippen LogP contribution in [0.25, 0.3) is 0 Å². The number of pyridine rings is 1. The fraction of sp³-hybridized carbons (Fsp3) is 0.0769. The molecule has 10 nitrogen and oxygen atoms in total. The molecule has 0 radical (unpaired) electrons. The van der Waals surface area contributed by atoms with Crippen LogP contribution in [0.1, 0.15) is 0 Å². The summed E-state index contributed by atoms with van der Waals surface area (Å²) >= 11 is 5.92. The minimum Gasteiger partial charge on any atom is -0.476 e. The predicted molar refractivity (Wildman–Crippen MR) is 147 cm³/mol. The monoisotopic (exact) mass is 584 g/mol. The molecule has 0 saturated heterocycles. The van der Waals surface area contributed by atoms with Gasteiger partial charge in [-0.15, -0.1) is 0 Å². The van der Waals surface area contributed by atoms with Gasteiger partial charge in [0, 0.05) is 16.9 Å². The molecule has 1 amide bonds. The highest BCUT2D eigenvalue weighted by Crippen LogP contribution is 2.37. The number of nitrogens with zero attached hydrogens (tertiary/aromatic N) is 2. The van der Waals surface area contributed by atoms with Crippen molar-refractivity contribution in [2.24, 2.45) is 0 Å². The molecule has 1 aliphatic rings. The average Bonchev–Trinajstić information content (AvgIpc) is 2.93. The number of carbonyl (C=O) groups excluding carboxylic acids is 1. The zero-order chi connectivity index (χ0) is 27.6. The molecule has 0 unspecified atom stereocenters. The second-order valence-corrected chi connectivity index (χ2v) is 12.4. The molecule has 4 aromatic rings. The second kappa shape index (κ2) is 10.6. The Morgan fingerprint density at radius 1 is 0.872 bits per heavy atom. The van der Waals surface area contributed by atoms with Crippen molar-refractivity contribution >= 4 is 54.7 Å². The number of amides is 1. The molecule has 0 aliphatic carbocycles. The van der Waals surface area contributed by atoms with Crippen LogP contribution < -0.4 is 19.1 Å². The van der Waals surface area contributed by atoms with Crippen LogP contribution in [0.3, 0.4) is 0 Å². The summed E-state index contributed by atoms with van der Waals surface area (Å²) < 4.78 is 61.6. The Morgan fingerprint density at radius 2 is 1.54 bits per heavy atom. The van der Waals surface area contributed by atoms with Gasteiger partial charge in [-0.2, -0.15) is 0 Å². The lowest BCUT2D eigenvalue weighted by molar-refractivity contribution is -0.122. The van der Waals surface area contributed by atoms with Gasteiger partial charge in [0.2, 0.25) is 0 Å². The number of fused-ring (bicyclic) bond motifs is 1. The van der Waals surface area contributed by atoms with E-state index in [0.717, 1.165) is 4.31 Å². The molecule has 1 aromatic heterocycles. The molecule has 1 aliphatic heterocycles. The molecule has 0 saturated carbocycles. The highest BCUT2D eigenvalue weighted by Gasteiger charge is 2.37. The predicted octanol–water partition coefficient (Wildman–Crippen LogP) is 4.13. The van der Waals surface area contributed by atoms with E-state index in [1.54, 1.807) is 36.4 Å². The lowest BCUT2D eigenvalue weighted by Gasteiger charge is -2.34. The first kappa shape index (κ1) is 26.5. The Balaban J connectivity index is 1.34. The number of nitrogens with one attached hydrogen (secondary N) is 2. The molecule has 13 heteroatoms. The summed E-state index contributed by atoms with van der Waals surface area (Å²) in [4.78, 5) is 17.1. The van der Waals surface area contributed by atoms with Crippen molar-refractivity contribution in [2.45, 2.75) is 15.9 Å². The molecule has 3 aromatic carbocycles. The van der Waals surface area contributed by atoms with Gasteiger partial charge >= 0.3 is 0 Å². The van der Waals surface area contributed by atoms with Crippen molar-refractivity contribution in [3.05, 3.63) is 102 Å². The number of halogens is 1. The maximum Gasteiger partial charge on any atom is 0.267 e. The Bertz CT molecular complexity index is 1720. The van der Waals surface area contributed by atoms with E-state index < -0.39 is 32.1 Å². The molecule has 2 heterocycles. The quantitative estimate of drug-likeness (QED) is 0.333. The zero-order valence-electron chi connectivity index (χ0n) is 20.1. The summed E-state index contributed by atoms with van der Waals surface area (Å²) in [6.45, 7) is -0.283. The fourth-order valence-electron chi connectivity index (χ4n) is 3.86. The first-order chi connectivity index (χ1) is 18.6. The van der Waals surface area contributed by atoms with Crippen molar-refractivity contribution in [2.75, 3.05) is 20.9 Å².